The Morgan fingerprint density at radius 1 is 1.53 bits per heavy atom. The van der Waals surface area contributed by atoms with Crippen LogP contribution in [0.15, 0.2) is 24.8 Å². The summed E-state index contributed by atoms with van der Waals surface area (Å²) in [6.07, 6.45) is 8.25. The standard InChI is InChI=1S/C14H18O3/c1-3-9-7-10-5-4-6-11(14(16)17-2)13(15)12(10)8-9/h3-5,9-12H,1,6-8H2,2H3/t9-,10+,11?,12-/m0/s1. The largest absolute Gasteiger partial charge is 0.468 e. The van der Waals surface area contributed by atoms with Gasteiger partial charge < -0.3 is 4.74 Å². The Hall–Kier alpha value is -1.38. The molecule has 2 aliphatic rings. The Bertz CT molecular complexity index is 370. The van der Waals surface area contributed by atoms with E-state index in [1.807, 2.05) is 12.2 Å². The maximum absolute atomic E-state index is 12.3. The minimum atomic E-state index is -0.602. The Morgan fingerprint density at radius 3 is 2.94 bits per heavy atom. The summed E-state index contributed by atoms with van der Waals surface area (Å²) in [6.45, 7) is 3.79. The van der Waals surface area contributed by atoms with Gasteiger partial charge in [-0.1, -0.05) is 18.2 Å². The van der Waals surface area contributed by atoms with E-state index in [0.29, 0.717) is 12.3 Å². The van der Waals surface area contributed by atoms with Crippen molar-refractivity contribution < 1.29 is 14.3 Å². The summed E-state index contributed by atoms with van der Waals surface area (Å²) >= 11 is 0. The van der Waals surface area contributed by atoms with Crippen LogP contribution in [0.1, 0.15) is 19.3 Å². The summed E-state index contributed by atoms with van der Waals surface area (Å²) in [7, 11) is 1.34. The number of esters is 1. The predicted octanol–water partition coefficient (Wildman–Crippen LogP) is 2.13. The molecule has 0 heterocycles. The maximum Gasteiger partial charge on any atom is 0.316 e. The van der Waals surface area contributed by atoms with Crippen molar-refractivity contribution in [2.24, 2.45) is 23.7 Å². The van der Waals surface area contributed by atoms with E-state index in [2.05, 4.69) is 12.7 Å². The van der Waals surface area contributed by atoms with Crippen molar-refractivity contribution in [2.75, 3.05) is 7.11 Å². The number of rotatable bonds is 2. The van der Waals surface area contributed by atoms with E-state index in [1.54, 1.807) is 0 Å². The van der Waals surface area contributed by atoms with Gasteiger partial charge >= 0.3 is 5.97 Å². The zero-order valence-electron chi connectivity index (χ0n) is 10.1. The van der Waals surface area contributed by atoms with Gasteiger partial charge in [0, 0.05) is 5.92 Å². The number of ketones is 1. The molecule has 0 saturated heterocycles. The van der Waals surface area contributed by atoms with E-state index in [9.17, 15) is 9.59 Å². The van der Waals surface area contributed by atoms with Crippen LogP contribution in [0.4, 0.5) is 0 Å². The average Bonchev–Trinajstić information content (AvgIpc) is 2.70. The molecule has 4 atom stereocenters. The normalized spacial score (nSPS) is 36.2. The molecule has 0 radical (unpaired) electrons. The summed E-state index contributed by atoms with van der Waals surface area (Å²) in [5.41, 5.74) is 0. The van der Waals surface area contributed by atoms with E-state index in [-0.39, 0.29) is 17.6 Å². The molecule has 0 bridgehead atoms. The van der Waals surface area contributed by atoms with Crippen LogP contribution in [0.2, 0.25) is 0 Å². The predicted molar refractivity (Wildman–Crippen MR) is 64.2 cm³/mol. The number of carbonyl (C=O) groups is 2. The molecule has 3 nitrogen and oxygen atoms in total. The molecule has 0 spiro atoms. The minimum Gasteiger partial charge on any atom is -0.468 e. The molecule has 17 heavy (non-hydrogen) atoms. The molecule has 0 aromatic carbocycles. The molecule has 1 unspecified atom stereocenters. The number of allylic oxidation sites excluding steroid dienone is 3. The van der Waals surface area contributed by atoms with Crippen LogP contribution in [0.3, 0.4) is 0 Å². The first kappa shape index (κ1) is 12.1. The second-order valence-corrected chi connectivity index (χ2v) is 4.88. The van der Waals surface area contributed by atoms with Gasteiger partial charge in [-0.3, -0.25) is 9.59 Å². The van der Waals surface area contributed by atoms with Gasteiger partial charge in [-0.15, -0.1) is 6.58 Å². The van der Waals surface area contributed by atoms with Crippen LogP contribution in [0, 0.1) is 23.7 Å². The Morgan fingerprint density at radius 2 is 2.29 bits per heavy atom. The quantitative estimate of drug-likeness (QED) is 0.417. The van der Waals surface area contributed by atoms with E-state index in [1.165, 1.54) is 7.11 Å². The number of methoxy groups -OCH3 is 1. The van der Waals surface area contributed by atoms with Crippen molar-refractivity contribution in [3.05, 3.63) is 24.8 Å². The van der Waals surface area contributed by atoms with Crippen LogP contribution in [0.25, 0.3) is 0 Å². The molecule has 1 saturated carbocycles. The van der Waals surface area contributed by atoms with Crippen LogP contribution in [-0.2, 0) is 14.3 Å². The number of carbonyl (C=O) groups excluding carboxylic acids is 2. The third kappa shape index (κ3) is 2.19. The summed E-state index contributed by atoms with van der Waals surface area (Å²) in [5.74, 6) is -0.302. The van der Waals surface area contributed by atoms with Crippen molar-refractivity contribution in [2.45, 2.75) is 19.3 Å². The zero-order valence-corrected chi connectivity index (χ0v) is 10.1. The lowest BCUT2D eigenvalue weighted by molar-refractivity contribution is -0.150. The fourth-order valence-corrected chi connectivity index (χ4v) is 2.96. The van der Waals surface area contributed by atoms with Crippen molar-refractivity contribution in [1.29, 1.82) is 0 Å². The minimum absolute atomic E-state index is 0.0270. The lowest BCUT2D eigenvalue weighted by Gasteiger charge is -2.16. The smallest absolute Gasteiger partial charge is 0.316 e. The SMILES string of the molecule is C=C[C@H]1C[C@H]2C=CCC(C(=O)OC)C(=O)[C@H]2C1. The molecule has 1 fully saturated rings. The van der Waals surface area contributed by atoms with E-state index < -0.39 is 11.9 Å². The lowest BCUT2D eigenvalue weighted by atomic mass is 9.87. The summed E-state index contributed by atoms with van der Waals surface area (Å²) in [5, 5.41) is 0. The molecule has 0 N–H and O–H groups in total. The summed E-state index contributed by atoms with van der Waals surface area (Å²) in [4.78, 5) is 23.9. The molecule has 2 rings (SSSR count). The number of Topliss-reactive ketones (excluding diaryl/α,β-unsaturated/α-hetero) is 1. The Kier molecular flexibility index (Phi) is 3.46. The Balaban J connectivity index is 2.19. The summed E-state index contributed by atoms with van der Waals surface area (Å²) < 4.78 is 4.70. The first-order chi connectivity index (χ1) is 8.17. The van der Waals surface area contributed by atoms with Crippen molar-refractivity contribution in [3.63, 3.8) is 0 Å². The molecule has 0 aromatic heterocycles. The van der Waals surface area contributed by atoms with E-state index in [0.717, 1.165) is 12.8 Å². The first-order valence-electron chi connectivity index (χ1n) is 6.08. The van der Waals surface area contributed by atoms with Crippen LogP contribution in [-0.4, -0.2) is 18.9 Å². The Labute approximate surface area is 102 Å². The third-order valence-corrected chi connectivity index (χ3v) is 3.93. The number of hydrogen-bond acceptors (Lipinski definition) is 3. The van der Waals surface area contributed by atoms with Crippen LogP contribution < -0.4 is 0 Å². The maximum atomic E-state index is 12.3. The molecule has 92 valence electrons. The fraction of sp³-hybridized carbons (Fsp3) is 0.571. The van der Waals surface area contributed by atoms with Crippen molar-refractivity contribution in [3.8, 4) is 0 Å². The van der Waals surface area contributed by atoms with Crippen LogP contribution >= 0.6 is 0 Å². The van der Waals surface area contributed by atoms with Crippen molar-refractivity contribution >= 4 is 11.8 Å². The van der Waals surface area contributed by atoms with Gasteiger partial charge in [-0.25, -0.2) is 0 Å². The second-order valence-electron chi connectivity index (χ2n) is 4.88. The highest BCUT2D eigenvalue weighted by molar-refractivity contribution is 6.00. The average molecular weight is 234 g/mol. The number of ether oxygens (including phenoxy) is 1. The van der Waals surface area contributed by atoms with E-state index in [4.69, 9.17) is 4.74 Å². The molecular formula is C14H18O3. The number of hydrogen-bond donors (Lipinski definition) is 0. The van der Waals surface area contributed by atoms with Gasteiger partial charge in [0.25, 0.3) is 0 Å². The fourth-order valence-electron chi connectivity index (χ4n) is 2.96. The molecule has 3 heteroatoms. The zero-order chi connectivity index (χ0) is 12.4. The van der Waals surface area contributed by atoms with Crippen molar-refractivity contribution in [1.82, 2.24) is 0 Å². The summed E-state index contributed by atoms with van der Waals surface area (Å²) in [6, 6.07) is 0. The molecular weight excluding hydrogens is 216 g/mol. The lowest BCUT2D eigenvalue weighted by Crippen LogP contribution is -2.30. The van der Waals surface area contributed by atoms with Gasteiger partial charge in [-0.05, 0) is 31.1 Å². The van der Waals surface area contributed by atoms with Gasteiger partial charge in [0.2, 0.25) is 0 Å². The highest BCUT2D eigenvalue weighted by Gasteiger charge is 2.42. The molecule has 0 amide bonds. The molecule has 0 aromatic rings. The number of fused-ring (bicyclic) bond motifs is 1. The second kappa shape index (κ2) is 4.86. The highest BCUT2D eigenvalue weighted by atomic mass is 16.5. The third-order valence-electron chi connectivity index (χ3n) is 3.93. The van der Waals surface area contributed by atoms with Gasteiger partial charge in [0.05, 0.1) is 7.11 Å². The topological polar surface area (TPSA) is 43.4 Å². The monoisotopic (exact) mass is 234 g/mol. The van der Waals surface area contributed by atoms with Gasteiger partial charge in [-0.2, -0.15) is 0 Å². The highest BCUT2D eigenvalue weighted by Crippen LogP contribution is 2.41. The van der Waals surface area contributed by atoms with Crippen LogP contribution in [0.5, 0.6) is 0 Å². The van der Waals surface area contributed by atoms with Gasteiger partial charge in [0.15, 0.2) is 5.78 Å². The van der Waals surface area contributed by atoms with Gasteiger partial charge in [0.1, 0.15) is 5.92 Å². The molecule has 2 aliphatic carbocycles. The van der Waals surface area contributed by atoms with E-state index >= 15 is 0 Å². The first-order valence-corrected chi connectivity index (χ1v) is 6.08. The molecule has 0 aliphatic heterocycles.